The third-order valence-electron chi connectivity index (χ3n) is 5.48. The minimum atomic E-state index is 0.0406. The highest BCUT2D eigenvalue weighted by Gasteiger charge is 2.22. The quantitative estimate of drug-likeness (QED) is 0.846. The number of amides is 1. The molecule has 1 aliphatic heterocycles. The van der Waals surface area contributed by atoms with Gasteiger partial charge in [0, 0.05) is 42.9 Å². The first-order valence-corrected chi connectivity index (χ1v) is 9.92. The van der Waals surface area contributed by atoms with Gasteiger partial charge in [0.05, 0.1) is 6.54 Å². The third kappa shape index (κ3) is 4.63. The van der Waals surface area contributed by atoms with Crippen LogP contribution in [-0.2, 0) is 4.79 Å². The molecule has 144 valence electrons. The zero-order valence-corrected chi connectivity index (χ0v) is 17.1. The van der Waals surface area contributed by atoms with Gasteiger partial charge in [-0.05, 0) is 49.6 Å². The summed E-state index contributed by atoms with van der Waals surface area (Å²) < 4.78 is 0. The van der Waals surface area contributed by atoms with Crippen LogP contribution in [0.3, 0.4) is 0 Å². The molecule has 4 nitrogen and oxygen atoms in total. The predicted molar refractivity (Wildman–Crippen MR) is 113 cm³/mol. The van der Waals surface area contributed by atoms with Crippen LogP contribution in [0, 0.1) is 13.8 Å². The second kappa shape index (κ2) is 8.77. The maximum absolute atomic E-state index is 12.6. The van der Waals surface area contributed by atoms with Crippen LogP contribution in [0.4, 0.5) is 5.69 Å². The molecule has 0 unspecified atom stereocenters. The molecule has 0 bridgehead atoms. The van der Waals surface area contributed by atoms with E-state index < -0.39 is 0 Å². The van der Waals surface area contributed by atoms with Crippen molar-refractivity contribution < 1.29 is 4.79 Å². The Kier molecular flexibility index (Phi) is 6.40. The lowest BCUT2D eigenvalue weighted by Crippen LogP contribution is -2.51. The molecule has 1 fully saturated rings. The molecule has 0 saturated carbocycles. The maximum Gasteiger partial charge on any atom is 0.236 e. The van der Waals surface area contributed by atoms with Gasteiger partial charge in [0.1, 0.15) is 0 Å². The van der Waals surface area contributed by atoms with Crippen molar-refractivity contribution >= 4 is 23.2 Å². The van der Waals surface area contributed by atoms with Gasteiger partial charge in [-0.15, -0.1) is 0 Å². The Morgan fingerprint density at radius 3 is 2.48 bits per heavy atom. The van der Waals surface area contributed by atoms with Gasteiger partial charge in [-0.1, -0.05) is 41.9 Å². The van der Waals surface area contributed by atoms with Crippen LogP contribution in [0.2, 0.25) is 5.02 Å². The number of nitrogens with zero attached hydrogens (tertiary/aromatic N) is 2. The van der Waals surface area contributed by atoms with Crippen molar-refractivity contribution in [1.29, 1.82) is 0 Å². The molecule has 27 heavy (non-hydrogen) atoms. The molecule has 2 aromatic rings. The summed E-state index contributed by atoms with van der Waals surface area (Å²) in [4.78, 5) is 16.9. The molecule has 0 radical (unpaired) electrons. The van der Waals surface area contributed by atoms with Crippen molar-refractivity contribution in [1.82, 2.24) is 10.2 Å². The first kappa shape index (κ1) is 19.7. The molecule has 1 N–H and O–H groups in total. The number of benzene rings is 2. The Morgan fingerprint density at radius 2 is 1.78 bits per heavy atom. The van der Waals surface area contributed by atoms with Gasteiger partial charge in [0.25, 0.3) is 0 Å². The van der Waals surface area contributed by atoms with Gasteiger partial charge in [0.2, 0.25) is 5.91 Å². The number of carbonyl (C=O) groups is 1. The van der Waals surface area contributed by atoms with E-state index in [4.69, 9.17) is 11.6 Å². The molecule has 5 heteroatoms. The largest absolute Gasteiger partial charge is 0.368 e. The molecule has 1 aliphatic rings. The normalized spacial score (nSPS) is 15.7. The summed E-state index contributed by atoms with van der Waals surface area (Å²) >= 11 is 6.24. The van der Waals surface area contributed by atoms with Gasteiger partial charge in [0.15, 0.2) is 0 Å². The second-order valence-electron chi connectivity index (χ2n) is 7.21. The van der Waals surface area contributed by atoms with Crippen LogP contribution in [0.25, 0.3) is 0 Å². The topological polar surface area (TPSA) is 35.6 Å². The van der Waals surface area contributed by atoms with E-state index in [0.717, 1.165) is 36.8 Å². The highest BCUT2D eigenvalue weighted by Crippen LogP contribution is 2.24. The zero-order chi connectivity index (χ0) is 19.4. The van der Waals surface area contributed by atoms with Gasteiger partial charge in [-0.3, -0.25) is 4.79 Å². The number of aryl methyl sites for hydroxylation is 1. The van der Waals surface area contributed by atoms with E-state index in [2.05, 4.69) is 42.3 Å². The van der Waals surface area contributed by atoms with Crippen molar-refractivity contribution in [3.63, 3.8) is 0 Å². The fraction of sp³-hybridized carbons (Fsp3) is 0.409. The first-order chi connectivity index (χ1) is 13.0. The number of carbonyl (C=O) groups excluding carboxylic acids is 1. The Labute approximate surface area is 167 Å². The third-order valence-corrected chi connectivity index (χ3v) is 5.82. The number of piperazine rings is 1. The molecular weight excluding hydrogens is 358 g/mol. The first-order valence-electron chi connectivity index (χ1n) is 9.54. The average molecular weight is 386 g/mol. The van der Waals surface area contributed by atoms with E-state index in [-0.39, 0.29) is 11.9 Å². The standard InChI is InChI=1S/C22H28ClN3O/c1-16-7-6-10-21(17(16)2)25-11-13-26(14-12-25)22(27)15-24-18(3)19-8-4-5-9-20(19)23/h4-10,18,24H,11-15H2,1-3H3/t18-/m0/s1. The molecule has 1 heterocycles. The van der Waals surface area contributed by atoms with Crippen LogP contribution in [0.15, 0.2) is 42.5 Å². The molecule has 1 atom stereocenters. The number of anilines is 1. The van der Waals surface area contributed by atoms with E-state index >= 15 is 0 Å². The van der Waals surface area contributed by atoms with Crippen molar-refractivity contribution in [2.45, 2.75) is 26.8 Å². The fourth-order valence-electron chi connectivity index (χ4n) is 3.56. The number of hydrogen-bond acceptors (Lipinski definition) is 3. The van der Waals surface area contributed by atoms with Gasteiger partial charge < -0.3 is 15.1 Å². The molecule has 1 amide bonds. The van der Waals surface area contributed by atoms with Crippen LogP contribution in [-0.4, -0.2) is 43.5 Å². The monoisotopic (exact) mass is 385 g/mol. The smallest absolute Gasteiger partial charge is 0.236 e. The van der Waals surface area contributed by atoms with Crippen molar-refractivity contribution in [2.24, 2.45) is 0 Å². The summed E-state index contributed by atoms with van der Waals surface area (Å²) in [7, 11) is 0. The highest BCUT2D eigenvalue weighted by atomic mass is 35.5. The second-order valence-corrected chi connectivity index (χ2v) is 7.62. The summed E-state index contributed by atoms with van der Waals surface area (Å²) in [6.07, 6.45) is 0. The number of nitrogens with one attached hydrogen (secondary N) is 1. The molecular formula is C22H28ClN3O. The Bertz CT molecular complexity index is 800. The van der Waals surface area contributed by atoms with Gasteiger partial charge >= 0.3 is 0 Å². The van der Waals surface area contributed by atoms with Crippen molar-refractivity contribution in [2.75, 3.05) is 37.6 Å². The highest BCUT2D eigenvalue weighted by molar-refractivity contribution is 6.31. The lowest BCUT2D eigenvalue weighted by molar-refractivity contribution is -0.130. The van der Waals surface area contributed by atoms with Crippen LogP contribution in [0.5, 0.6) is 0 Å². The lowest BCUT2D eigenvalue weighted by Gasteiger charge is -2.37. The lowest BCUT2D eigenvalue weighted by atomic mass is 10.1. The Hall–Kier alpha value is -2.04. The maximum atomic E-state index is 12.6. The van der Waals surface area contributed by atoms with E-state index in [9.17, 15) is 4.79 Å². The van der Waals surface area contributed by atoms with E-state index in [1.165, 1.54) is 16.8 Å². The summed E-state index contributed by atoms with van der Waals surface area (Å²) in [6, 6.07) is 14.2. The Balaban J connectivity index is 1.51. The molecule has 0 spiro atoms. The molecule has 3 rings (SSSR count). The van der Waals surface area contributed by atoms with Crippen LogP contribution >= 0.6 is 11.6 Å². The average Bonchev–Trinajstić information content (AvgIpc) is 2.68. The molecule has 1 saturated heterocycles. The van der Waals surface area contributed by atoms with Gasteiger partial charge in [-0.25, -0.2) is 0 Å². The molecule has 0 aliphatic carbocycles. The minimum Gasteiger partial charge on any atom is -0.368 e. The fourth-order valence-corrected chi connectivity index (χ4v) is 3.86. The predicted octanol–water partition coefficient (Wildman–Crippen LogP) is 3.96. The molecule has 2 aromatic carbocycles. The summed E-state index contributed by atoms with van der Waals surface area (Å²) in [5.74, 6) is 0.148. The van der Waals surface area contributed by atoms with Crippen molar-refractivity contribution in [3.8, 4) is 0 Å². The van der Waals surface area contributed by atoms with Crippen molar-refractivity contribution in [3.05, 3.63) is 64.2 Å². The molecule has 0 aromatic heterocycles. The van der Waals surface area contributed by atoms with Crippen LogP contribution < -0.4 is 10.2 Å². The van der Waals surface area contributed by atoms with Crippen LogP contribution in [0.1, 0.15) is 29.7 Å². The van der Waals surface area contributed by atoms with E-state index in [0.29, 0.717) is 6.54 Å². The number of rotatable bonds is 5. The summed E-state index contributed by atoms with van der Waals surface area (Å²) in [5.41, 5.74) is 4.94. The number of halogens is 1. The van der Waals surface area contributed by atoms with Gasteiger partial charge in [-0.2, -0.15) is 0 Å². The zero-order valence-electron chi connectivity index (χ0n) is 16.3. The number of hydrogen-bond donors (Lipinski definition) is 1. The summed E-state index contributed by atoms with van der Waals surface area (Å²) in [5, 5.41) is 4.04. The Morgan fingerprint density at radius 1 is 1.07 bits per heavy atom. The van der Waals surface area contributed by atoms with E-state index in [1.807, 2.05) is 36.1 Å². The van der Waals surface area contributed by atoms with E-state index in [1.54, 1.807) is 0 Å². The summed E-state index contributed by atoms with van der Waals surface area (Å²) in [6.45, 7) is 9.93. The minimum absolute atomic E-state index is 0.0406. The SMILES string of the molecule is Cc1cccc(N2CCN(C(=O)CN[C@@H](C)c3ccccc3Cl)CC2)c1C.